The van der Waals surface area contributed by atoms with Crippen LogP contribution < -0.4 is 4.90 Å². The maximum atomic E-state index is 13.2. The highest BCUT2D eigenvalue weighted by Gasteiger charge is 2.28. The van der Waals surface area contributed by atoms with E-state index in [0.29, 0.717) is 0 Å². The number of piperidine rings is 1. The number of halogens is 1. The first-order valence-corrected chi connectivity index (χ1v) is 8.56. The molecule has 1 aliphatic rings. The average molecular weight is 314 g/mol. The number of likely N-dealkylation sites (tertiary alicyclic amines) is 1. The van der Waals surface area contributed by atoms with Crippen LogP contribution in [-0.4, -0.2) is 24.7 Å². The van der Waals surface area contributed by atoms with Gasteiger partial charge in [0.15, 0.2) is 0 Å². The van der Waals surface area contributed by atoms with Gasteiger partial charge in [-0.3, -0.25) is 0 Å². The predicted molar refractivity (Wildman–Crippen MR) is 90.0 cm³/mol. The fraction of sp³-hybridized carbons (Fsp3) is 0.400. The molecule has 3 rings (SSSR count). The van der Waals surface area contributed by atoms with Gasteiger partial charge >= 0.3 is 0 Å². The topological polar surface area (TPSA) is 24.7 Å². The Hall–Kier alpha value is -1.71. The van der Waals surface area contributed by atoms with Crippen molar-refractivity contribution < 1.29 is 14.4 Å². The van der Waals surface area contributed by atoms with Crippen LogP contribution in [-0.2, 0) is 0 Å². The third kappa shape index (κ3) is 4.18. The lowest BCUT2D eigenvalue weighted by Gasteiger charge is -2.30. The Labute approximate surface area is 137 Å². The number of hydrogen-bond donors (Lipinski definition) is 2. The second-order valence-electron chi connectivity index (χ2n) is 6.53. The van der Waals surface area contributed by atoms with Gasteiger partial charge in [0.1, 0.15) is 5.82 Å². The third-order valence-electron chi connectivity index (χ3n) is 4.89. The van der Waals surface area contributed by atoms with Gasteiger partial charge in [-0.2, -0.15) is 0 Å². The predicted octanol–water partition coefficient (Wildman–Crippen LogP) is 2.71. The van der Waals surface area contributed by atoms with E-state index in [1.165, 1.54) is 44.5 Å². The van der Waals surface area contributed by atoms with Crippen LogP contribution in [0, 0.1) is 5.82 Å². The van der Waals surface area contributed by atoms with Crippen molar-refractivity contribution in [1.29, 1.82) is 0 Å². The summed E-state index contributed by atoms with van der Waals surface area (Å²) >= 11 is 0. The van der Waals surface area contributed by atoms with Crippen LogP contribution >= 0.6 is 0 Å². The molecule has 0 radical (unpaired) electrons. The van der Waals surface area contributed by atoms with Crippen molar-refractivity contribution in [2.24, 2.45) is 0 Å². The minimum atomic E-state index is -0.604. The molecule has 23 heavy (non-hydrogen) atoms. The zero-order valence-corrected chi connectivity index (χ0v) is 13.4. The zero-order chi connectivity index (χ0) is 16.1. The lowest BCUT2D eigenvalue weighted by molar-refractivity contribution is -0.906. The lowest BCUT2D eigenvalue weighted by atomic mass is 9.88. The maximum absolute atomic E-state index is 13.2. The van der Waals surface area contributed by atoms with Crippen molar-refractivity contribution in [3.8, 4) is 0 Å². The molecule has 0 amide bonds. The molecule has 3 heteroatoms. The van der Waals surface area contributed by atoms with Crippen molar-refractivity contribution in [3.05, 3.63) is 71.5 Å². The summed E-state index contributed by atoms with van der Waals surface area (Å²) in [5.74, 6) is -0.228. The SMILES string of the molecule is O[C@@H](c1ccc(F)cc1)[C@H](C[NH+]1CCCCC1)c1ccccc1. The summed E-state index contributed by atoms with van der Waals surface area (Å²) < 4.78 is 13.2. The van der Waals surface area contributed by atoms with E-state index in [1.54, 1.807) is 17.0 Å². The molecule has 0 bridgehead atoms. The van der Waals surface area contributed by atoms with Crippen molar-refractivity contribution in [3.63, 3.8) is 0 Å². The van der Waals surface area contributed by atoms with Crippen molar-refractivity contribution in [2.75, 3.05) is 19.6 Å². The van der Waals surface area contributed by atoms with Crippen LogP contribution in [0.4, 0.5) is 4.39 Å². The molecule has 0 aromatic heterocycles. The van der Waals surface area contributed by atoms with E-state index in [-0.39, 0.29) is 11.7 Å². The van der Waals surface area contributed by atoms with E-state index >= 15 is 0 Å². The van der Waals surface area contributed by atoms with E-state index in [4.69, 9.17) is 0 Å². The summed E-state index contributed by atoms with van der Waals surface area (Å²) in [4.78, 5) is 1.56. The Bertz CT molecular complexity index is 593. The molecule has 2 aromatic carbocycles. The van der Waals surface area contributed by atoms with Crippen LogP contribution in [0.25, 0.3) is 0 Å². The fourth-order valence-corrected chi connectivity index (χ4v) is 3.57. The van der Waals surface area contributed by atoms with Crippen molar-refractivity contribution >= 4 is 0 Å². The van der Waals surface area contributed by atoms with E-state index in [2.05, 4.69) is 12.1 Å². The van der Waals surface area contributed by atoms with Gasteiger partial charge in [0.2, 0.25) is 0 Å². The number of quaternary nitrogens is 1. The molecule has 0 aliphatic carbocycles. The molecule has 2 N–H and O–H groups in total. The molecule has 1 saturated heterocycles. The zero-order valence-electron chi connectivity index (χ0n) is 13.4. The Kier molecular flexibility index (Phi) is 5.42. The molecule has 0 unspecified atom stereocenters. The summed E-state index contributed by atoms with van der Waals surface area (Å²) in [7, 11) is 0. The minimum Gasteiger partial charge on any atom is -0.388 e. The molecule has 1 aliphatic heterocycles. The maximum Gasteiger partial charge on any atom is 0.123 e. The average Bonchev–Trinajstić information content (AvgIpc) is 2.61. The number of nitrogens with one attached hydrogen (secondary N) is 1. The van der Waals surface area contributed by atoms with Crippen LogP contribution in [0.5, 0.6) is 0 Å². The summed E-state index contributed by atoms with van der Waals surface area (Å²) in [6, 6.07) is 16.4. The highest BCUT2D eigenvalue weighted by atomic mass is 19.1. The fourth-order valence-electron chi connectivity index (χ4n) is 3.57. The Morgan fingerprint density at radius 3 is 2.17 bits per heavy atom. The number of benzene rings is 2. The molecular weight excluding hydrogens is 289 g/mol. The van der Waals surface area contributed by atoms with E-state index < -0.39 is 6.10 Å². The number of rotatable bonds is 5. The molecule has 2 atom stereocenters. The smallest absolute Gasteiger partial charge is 0.123 e. The van der Waals surface area contributed by atoms with Gasteiger partial charge < -0.3 is 10.0 Å². The Morgan fingerprint density at radius 2 is 1.52 bits per heavy atom. The molecule has 122 valence electrons. The summed E-state index contributed by atoms with van der Waals surface area (Å²) in [6.45, 7) is 3.28. The van der Waals surface area contributed by atoms with Crippen LogP contribution in [0.15, 0.2) is 54.6 Å². The summed E-state index contributed by atoms with van der Waals surface area (Å²) in [5.41, 5.74) is 1.94. The molecule has 1 fully saturated rings. The summed E-state index contributed by atoms with van der Waals surface area (Å²) in [6.07, 6.45) is 3.25. The highest BCUT2D eigenvalue weighted by Crippen LogP contribution is 2.30. The molecule has 1 heterocycles. The van der Waals surface area contributed by atoms with Gasteiger partial charge in [0, 0.05) is 0 Å². The number of hydrogen-bond acceptors (Lipinski definition) is 1. The normalized spacial score (nSPS) is 18.5. The highest BCUT2D eigenvalue weighted by molar-refractivity contribution is 5.27. The molecular formula is C20H25FNO+. The second-order valence-corrected chi connectivity index (χ2v) is 6.53. The monoisotopic (exact) mass is 314 g/mol. The Balaban J connectivity index is 1.83. The van der Waals surface area contributed by atoms with Crippen LogP contribution in [0.1, 0.15) is 42.4 Å². The largest absolute Gasteiger partial charge is 0.388 e. The minimum absolute atomic E-state index is 0.0368. The number of aliphatic hydroxyl groups excluding tert-OH is 1. The Morgan fingerprint density at radius 1 is 0.870 bits per heavy atom. The van der Waals surface area contributed by atoms with Gasteiger partial charge in [-0.1, -0.05) is 42.5 Å². The summed E-state index contributed by atoms with van der Waals surface area (Å²) in [5, 5.41) is 10.9. The van der Waals surface area contributed by atoms with E-state index in [9.17, 15) is 9.50 Å². The van der Waals surface area contributed by atoms with E-state index in [1.807, 2.05) is 18.2 Å². The van der Waals surface area contributed by atoms with Gasteiger partial charge in [0.05, 0.1) is 31.7 Å². The first-order chi connectivity index (χ1) is 11.2. The lowest BCUT2D eigenvalue weighted by Crippen LogP contribution is -3.13. The molecule has 0 saturated carbocycles. The van der Waals surface area contributed by atoms with Gasteiger partial charge in [-0.15, -0.1) is 0 Å². The molecule has 2 nitrogen and oxygen atoms in total. The van der Waals surface area contributed by atoms with Gasteiger partial charge in [-0.05, 0) is 42.5 Å². The first kappa shape index (κ1) is 16.2. The molecule has 2 aromatic rings. The standard InChI is InChI=1S/C20H24FNO/c21-18-11-9-17(10-12-18)20(23)19(16-7-3-1-4-8-16)15-22-13-5-2-6-14-22/h1,3-4,7-12,19-20,23H,2,5-6,13-15H2/p+1/t19-,20+/m1/s1. The van der Waals surface area contributed by atoms with Crippen LogP contribution in [0.3, 0.4) is 0 Å². The molecule has 0 spiro atoms. The van der Waals surface area contributed by atoms with Crippen molar-refractivity contribution in [2.45, 2.75) is 31.3 Å². The number of aliphatic hydroxyl groups is 1. The second kappa shape index (κ2) is 7.71. The quantitative estimate of drug-likeness (QED) is 0.871. The van der Waals surface area contributed by atoms with Crippen LogP contribution in [0.2, 0.25) is 0 Å². The van der Waals surface area contributed by atoms with E-state index in [0.717, 1.165) is 17.7 Å². The van der Waals surface area contributed by atoms with Gasteiger partial charge in [-0.25, -0.2) is 4.39 Å². The van der Waals surface area contributed by atoms with Gasteiger partial charge in [0.25, 0.3) is 0 Å². The van der Waals surface area contributed by atoms with Crippen molar-refractivity contribution in [1.82, 2.24) is 0 Å². The first-order valence-electron chi connectivity index (χ1n) is 8.56. The third-order valence-corrected chi connectivity index (χ3v) is 4.89.